The first kappa shape index (κ1) is 71.3. The van der Waals surface area contributed by atoms with Gasteiger partial charge in [0, 0.05) is 43.8 Å². The van der Waals surface area contributed by atoms with Crippen LogP contribution in [0.1, 0.15) is 131 Å². The predicted molar refractivity (Wildman–Crippen MR) is 381 cm³/mol. The number of nitrogens with one attached hydrogen (secondary N) is 1. The summed E-state index contributed by atoms with van der Waals surface area (Å²) in [5.74, 6) is 3.61. The summed E-state index contributed by atoms with van der Waals surface area (Å²) in [6.45, 7) is 14.1. The second kappa shape index (κ2) is 36.2. The minimum absolute atomic E-state index is 0.0399. The van der Waals surface area contributed by atoms with E-state index in [1.807, 2.05) is 162 Å². The zero-order chi connectivity index (χ0) is 68.6. The molecule has 6 aromatic carbocycles. The number of hydrogen-bond donors (Lipinski definition) is 1. The van der Waals surface area contributed by atoms with Crippen molar-refractivity contribution in [3.63, 3.8) is 0 Å². The van der Waals surface area contributed by atoms with Gasteiger partial charge in [-0.3, -0.25) is 0 Å². The van der Waals surface area contributed by atoms with Gasteiger partial charge < -0.3 is 52.7 Å². The fourth-order valence-corrected chi connectivity index (χ4v) is 13.7. The molecule has 13 rings (SSSR count). The standard InChI is InChI=1S/C21H19NO3S.C20H17NO5S.C18H21NO3S.C16H20N2O3S/c1-2-24-16-10-7-15(8-11-16)20-22-18(13-26-20)21(23)25-19-12-9-14-5-3-4-6-17(14)19;1-2-23-15-6-4-14(5-7-15)19-21-16(11-27-19)20(22)24-10-13-3-8-17-18(9-13)26-12-25-17;1-3-21-14-9-7-13(8-10-14)17-19-15(11-23-17)18(20)22-16-6-4-5-12(16)2;1-3-20-13-7-5-12(6-8-13)15-18-14(11-22-15)16(19)21-10-4-9-17-2/h3-8,10-11,13,19H,2,9,12H2,1H3;3-9,11H,2,10,12H2,1H3;7-12,16H,3-6H2,1-2H3;5-8,11,17H,3-4,9-10H2,1-2H3/t;;12-,16?;/m..1./s1. The highest BCUT2D eigenvalue weighted by atomic mass is 32.1. The summed E-state index contributed by atoms with van der Waals surface area (Å²) in [7, 11) is 1.87. The van der Waals surface area contributed by atoms with Crippen molar-refractivity contribution in [1.29, 1.82) is 0 Å². The minimum atomic E-state index is -0.457. The fraction of sp³-hybridized carbons (Fsp3) is 0.307. The normalized spacial score (nSPS) is 14.6. The summed E-state index contributed by atoms with van der Waals surface area (Å²) in [5, 5.41) is 13.1. The van der Waals surface area contributed by atoms with Crippen LogP contribution < -0.4 is 33.7 Å². The third kappa shape index (κ3) is 19.8. The number of esters is 4. The van der Waals surface area contributed by atoms with E-state index in [1.54, 1.807) is 27.6 Å². The monoisotopic (exact) mass is 1400 g/mol. The van der Waals surface area contributed by atoms with Crippen molar-refractivity contribution >= 4 is 69.2 Å². The first-order chi connectivity index (χ1) is 47.9. The number of fused-ring (bicyclic) bond motifs is 2. The van der Waals surface area contributed by atoms with Crippen LogP contribution in [0.25, 0.3) is 42.3 Å². The number of hydrogen-bond acceptors (Lipinski definition) is 23. The average molecular weight is 1400 g/mol. The molecule has 1 aliphatic heterocycles. The highest BCUT2D eigenvalue weighted by molar-refractivity contribution is 7.14. The van der Waals surface area contributed by atoms with Crippen LogP contribution in [0.15, 0.2) is 161 Å². The molecule has 0 spiro atoms. The molecule has 1 N–H and O–H groups in total. The second-order valence-corrected chi connectivity index (χ2v) is 25.8. The molecule has 0 amide bonds. The summed E-state index contributed by atoms with van der Waals surface area (Å²) in [5.41, 5.74) is 8.46. The Kier molecular flexibility index (Phi) is 26.3. The molecule has 4 aromatic heterocycles. The van der Waals surface area contributed by atoms with Gasteiger partial charge in [-0.05, 0) is 212 Å². The second-order valence-electron chi connectivity index (χ2n) is 22.3. The zero-order valence-electron chi connectivity index (χ0n) is 55.4. The third-order valence-corrected chi connectivity index (χ3v) is 19.0. The molecule has 0 bridgehead atoms. The number of aryl methyl sites for hydroxylation is 1. The van der Waals surface area contributed by atoms with Crippen LogP contribution in [0.4, 0.5) is 0 Å². The maximum absolute atomic E-state index is 12.5. The molecule has 2 unspecified atom stereocenters. The van der Waals surface area contributed by atoms with E-state index in [0.29, 0.717) is 73.2 Å². The van der Waals surface area contributed by atoms with Gasteiger partial charge in [0.05, 0.1) is 33.0 Å². The quantitative estimate of drug-likeness (QED) is 0.0337. The Bertz CT molecular complexity index is 4190. The Morgan fingerprint density at radius 2 is 0.939 bits per heavy atom. The average Bonchev–Trinajstić information content (AvgIpc) is 1.71. The van der Waals surface area contributed by atoms with Crippen molar-refractivity contribution in [3.05, 3.63) is 201 Å². The van der Waals surface area contributed by atoms with Gasteiger partial charge in [-0.15, -0.1) is 45.3 Å². The fourth-order valence-electron chi connectivity index (χ4n) is 10.5. The molecule has 5 heterocycles. The summed E-state index contributed by atoms with van der Waals surface area (Å²) in [6.07, 6.45) is 5.66. The molecule has 1 fully saturated rings. The van der Waals surface area contributed by atoms with Gasteiger partial charge in [-0.1, -0.05) is 37.3 Å². The van der Waals surface area contributed by atoms with Gasteiger partial charge in [-0.2, -0.15) is 0 Å². The highest BCUT2D eigenvalue weighted by Gasteiger charge is 2.29. The minimum Gasteiger partial charge on any atom is -0.494 e. The number of carbonyl (C=O) groups excluding carboxylic acids is 4. The molecule has 10 aromatic rings. The number of aromatic nitrogens is 4. The van der Waals surface area contributed by atoms with E-state index >= 15 is 0 Å². The number of carbonyl (C=O) groups is 4. The summed E-state index contributed by atoms with van der Waals surface area (Å²) in [4.78, 5) is 66.5. The maximum Gasteiger partial charge on any atom is 0.358 e. The maximum atomic E-state index is 12.5. The van der Waals surface area contributed by atoms with E-state index in [0.717, 1.165) is 121 Å². The molecule has 1 saturated carbocycles. The van der Waals surface area contributed by atoms with Gasteiger partial charge in [-0.25, -0.2) is 39.1 Å². The molecular formula is C75H77N5O14S4. The van der Waals surface area contributed by atoms with Crippen molar-refractivity contribution in [2.24, 2.45) is 5.92 Å². The van der Waals surface area contributed by atoms with Crippen molar-refractivity contribution in [2.75, 3.05) is 53.4 Å². The number of thiazole rings is 4. The Labute approximate surface area is 586 Å². The molecule has 23 heteroatoms. The topological polar surface area (TPSA) is 224 Å². The lowest BCUT2D eigenvalue weighted by Gasteiger charge is -2.15. The Hall–Kier alpha value is -9.52. The molecule has 3 aliphatic rings. The Balaban J connectivity index is 0.000000142. The highest BCUT2D eigenvalue weighted by Crippen LogP contribution is 2.37. The first-order valence-electron chi connectivity index (χ1n) is 32.5. The van der Waals surface area contributed by atoms with Gasteiger partial charge in [0.15, 0.2) is 34.3 Å². The zero-order valence-corrected chi connectivity index (χ0v) is 58.6. The van der Waals surface area contributed by atoms with Crippen LogP contribution in [0.3, 0.4) is 0 Å². The predicted octanol–water partition coefficient (Wildman–Crippen LogP) is 16.9. The SMILES string of the molecule is CCOc1ccc(-c2nc(C(=O)OC3CCC[C@H]3C)cs2)cc1.CCOc1ccc(-c2nc(C(=O)OC3CCc4ccccc43)cs2)cc1.CCOc1ccc(-c2nc(C(=O)OCCCNC)cs2)cc1.CCOc1ccc(-c2nc(C(=O)OCc3ccc4c(c3)OCO4)cs2)cc1. The van der Waals surface area contributed by atoms with E-state index in [2.05, 4.69) is 38.2 Å². The number of benzene rings is 6. The van der Waals surface area contributed by atoms with E-state index in [-0.39, 0.29) is 43.5 Å². The Morgan fingerprint density at radius 3 is 1.39 bits per heavy atom. The number of nitrogens with zero attached hydrogens (tertiary/aromatic N) is 4. The largest absolute Gasteiger partial charge is 0.494 e. The molecule has 510 valence electrons. The molecule has 19 nitrogen and oxygen atoms in total. The van der Waals surface area contributed by atoms with Gasteiger partial charge in [0.25, 0.3) is 0 Å². The molecule has 0 saturated heterocycles. The first-order valence-corrected chi connectivity index (χ1v) is 36.0. The van der Waals surface area contributed by atoms with Crippen LogP contribution in [0.5, 0.6) is 34.5 Å². The van der Waals surface area contributed by atoms with Crippen LogP contribution in [0.2, 0.25) is 0 Å². The lowest BCUT2D eigenvalue weighted by Crippen LogP contribution is -2.20. The van der Waals surface area contributed by atoms with Crippen LogP contribution in [0, 0.1) is 5.92 Å². The molecule has 2 aliphatic carbocycles. The van der Waals surface area contributed by atoms with Crippen LogP contribution >= 0.6 is 45.3 Å². The van der Waals surface area contributed by atoms with Gasteiger partial charge in [0.2, 0.25) is 6.79 Å². The van der Waals surface area contributed by atoms with Crippen LogP contribution in [-0.2, 0) is 32.0 Å². The lowest BCUT2D eigenvalue weighted by molar-refractivity contribution is 0.0219. The molecule has 98 heavy (non-hydrogen) atoms. The summed E-state index contributed by atoms with van der Waals surface area (Å²) >= 11 is 5.72. The van der Waals surface area contributed by atoms with Crippen molar-refractivity contribution in [2.45, 2.75) is 92.0 Å². The number of ether oxygens (including phenoxy) is 10. The molecule has 3 atom stereocenters. The molecular weight excluding hydrogens is 1320 g/mol. The smallest absolute Gasteiger partial charge is 0.358 e. The number of rotatable bonds is 24. The Morgan fingerprint density at radius 1 is 0.500 bits per heavy atom. The van der Waals surface area contributed by atoms with Crippen molar-refractivity contribution < 1.29 is 66.5 Å². The van der Waals surface area contributed by atoms with Crippen molar-refractivity contribution in [1.82, 2.24) is 25.3 Å². The molecule has 0 radical (unpaired) electrons. The lowest BCUT2D eigenvalue weighted by atomic mass is 10.1. The summed E-state index contributed by atoms with van der Waals surface area (Å²) in [6, 6.07) is 44.3. The van der Waals surface area contributed by atoms with Crippen LogP contribution in [-0.4, -0.2) is 103 Å². The van der Waals surface area contributed by atoms with Gasteiger partial charge >= 0.3 is 23.9 Å². The van der Waals surface area contributed by atoms with E-state index in [9.17, 15) is 19.2 Å². The van der Waals surface area contributed by atoms with E-state index in [1.165, 1.54) is 50.9 Å². The summed E-state index contributed by atoms with van der Waals surface area (Å²) < 4.78 is 54.2. The van der Waals surface area contributed by atoms with Gasteiger partial charge in [0.1, 0.15) is 61.8 Å². The van der Waals surface area contributed by atoms with E-state index in [4.69, 9.17) is 47.4 Å². The van der Waals surface area contributed by atoms with Crippen molar-refractivity contribution in [3.8, 4) is 76.8 Å². The van der Waals surface area contributed by atoms with E-state index < -0.39 is 5.97 Å². The third-order valence-electron chi connectivity index (χ3n) is 15.5.